The van der Waals surface area contributed by atoms with E-state index in [-0.39, 0.29) is 6.54 Å². The number of nitrogens with two attached hydrogens (primary N) is 1. The Hall–Kier alpha value is -0.750. The highest BCUT2D eigenvalue weighted by Gasteiger charge is 2.01. The van der Waals surface area contributed by atoms with Crippen LogP contribution < -0.4 is 16.4 Å². The predicted molar refractivity (Wildman–Crippen MR) is 53.6 cm³/mol. The third-order valence-corrected chi connectivity index (χ3v) is 1.95. The minimum atomic E-state index is -0.809. The van der Waals surface area contributed by atoms with Crippen LogP contribution in [-0.2, 0) is 4.79 Å². The van der Waals surface area contributed by atoms with Gasteiger partial charge in [0.2, 0.25) is 5.91 Å². The van der Waals surface area contributed by atoms with Crippen LogP contribution in [0.5, 0.6) is 0 Å². The number of carbonyl (C=O) groups is 2. The molecule has 0 aromatic rings. The highest BCUT2D eigenvalue weighted by atomic mass is 32.2. The van der Waals surface area contributed by atoms with Gasteiger partial charge in [0.15, 0.2) is 0 Å². The molecule has 76 valence electrons. The quantitative estimate of drug-likeness (QED) is 0.512. The van der Waals surface area contributed by atoms with Crippen LogP contribution in [0.15, 0.2) is 0 Å². The smallest absolute Gasteiger partial charge is 0.318 e. The first-order valence-electron chi connectivity index (χ1n) is 3.95. The fourth-order valence-corrected chi connectivity index (χ4v) is 1.16. The number of primary amides is 1. The zero-order valence-corrected chi connectivity index (χ0v) is 8.45. The van der Waals surface area contributed by atoms with Crippen LogP contribution in [0.3, 0.4) is 0 Å². The van der Waals surface area contributed by atoms with Crippen molar-refractivity contribution in [3.05, 3.63) is 0 Å². The van der Waals surface area contributed by atoms with Crippen LogP contribution in [0.25, 0.3) is 0 Å². The largest absolute Gasteiger partial charge is 0.351 e. The van der Waals surface area contributed by atoms with Crippen molar-refractivity contribution in [1.29, 1.82) is 0 Å². The number of amides is 3. The van der Waals surface area contributed by atoms with Gasteiger partial charge in [0.1, 0.15) is 0 Å². The summed E-state index contributed by atoms with van der Waals surface area (Å²) in [7, 11) is 0. The number of thioether (sulfide) groups is 1. The lowest BCUT2D eigenvalue weighted by Gasteiger charge is -2.02. The molecule has 13 heavy (non-hydrogen) atoms. The van der Waals surface area contributed by atoms with Crippen LogP contribution in [0.4, 0.5) is 4.79 Å². The molecular weight excluding hydrogens is 190 g/mol. The minimum absolute atomic E-state index is 0.136. The van der Waals surface area contributed by atoms with E-state index in [1.54, 1.807) is 11.8 Å². The van der Waals surface area contributed by atoms with Crippen molar-refractivity contribution in [3.8, 4) is 0 Å². The molecule has 0 atom stereocenters. The van der Waals surface area contributed by atoms with Crippen molar-refractivity contribution >= 4 is 23.7 Å². The Morgan fingerprint density at radius 1 is 1.46 bits per heavy atom. The van der Waals surface area contributed by atoms with Crippen LogP contribution in [0, 0.1) is 0 Å². The molecule has 0 aromatic carbocycles. The number of hydrogen-bond acceptors (Lipinski definition) is 4. The zero-order valence-electron chi connectivity index (χ0n) is 7.63. The highest BCUT2D eigenvalue weighted by molar-refractivity contribution is 7.98. The van der Waals surface area contributed by atoms with E-state index in [1.807, 2.05) is 11.6 Å². The molecule has 0 fully saturated rings. The van der Waals surface area contributed by atoms with Gasteiger partial charge < -0.3 is 11.1 Å². The van der Waals surface area contributed by atoms with Crippen molar-refractivity contribution in [2.75, 3.05) is 25.1 Å². The van der Waals surface area contributed by atoms with Crippen molar-refractivity contribution in [2.45, 2.75) is 6.42 Å². The number of urea groups is 1. The van der Waals surface area contributed by atoms with Gasteiger partial charge in [0, 0.05) is 0 Å². The van der Waals surface area contributed by atoms with E-state index in [4.69, 9.17) is 5.73 Å². The fraction of sp³-hybridized carbons (Fsp3) is 0.714. The van der Waals surface area contributed by atoms with Crippen LogP contribution in [0.1, 0.15) is 6.42 Å². The van der Waals surface area contributed by atoms with E-state index in [1.165, 1.54) is 0 Å². The van der Waals surface area contributed by atoms with E-state index >= 15 is 0 Å². The standard InChI is InChI=1S/C7H15N3O2S/c1-13-4-2-3-9-5-6(11)10-7(8)12/h9H,2-5H2,1H3,(H3,8,10,11,12). The fourth-order valence-electron chi connectivity index (χ4n) is 0.725. The van der Waals surface area contributed by atoms with Gasteiger partial charge in [0.05, 0.1) is 6.54 Å². The van der Waals surface area contributed by atoms with E-state index in [9.17, 15) is 9.59 Å². The van der Waals surface area contributed by atoms with Gasteiger partial charge in [-0.25, -0.2) is 4.79 Å². The number of carbonyl (C=O) groups excluding carboxylic acids is 2. The lowest BCUT2D eigenvalue weighted by molar-refractivity contribution is -0.119. The number of rotatable bonds is 6. The number of hydrogen-bond donors (Lipinski definition) is 3. The second kappa shape index (κ2) is 7.88. The second-order valence-corrected chi connectivity index (χ2v) is 3.42. The van der Waals surface area contributed by atoms with E-state index in [0.29, 0.717) is 0 Å². The zero-order chi connectivity index (χ0) is 10.1. The Kier molecular flexibility index (Phi) is 7.42. The van der Waals surface area contributed by atoms with E-state index in [0.717, 1.165) is 18.7 Å². The molecule has 0 saturated carbocycles. The molecule has 0 radical (unpaired) electrons. The molecule has 5 nitrogen and oxygen atoms in total. The van der Waals surface area contributed by atoms with E-state index in [2.05, 4.69) is 5.32 Å². The normalized spacial score (nSPS) is 9.62. The summed E-state index contributed by atoms with van der Waals surface area (Å²) in [6, 6.07) is -0.809. The Balaban J connectivity index is 3.22. The van der Waals surface area contributed by atoms with Gasteiger partial charge >= 0.3 is 6.03 Å². The van der Waals surface area contributed by atoms with Gasteiger partial charge in [-0.1, -0.05) is 0 Å². The van der Waals surface area contributed by atoms with Gasteiger partial charge in [-0.2, -0.15) is 11.8 Å². The molecule has 4 N–H and O–H groups in total. The van der Waals surface area contributed by atoms with E-state index < -0.39 is 11.9 Å². The molecule has 0 bridgehead atoms. The van der Waals surface area contributed by atoms with Crippen molar-refractivity contribution < 1.29 is 9.59 Å². The maximum absolute atomic E-state index is 10.8. The molecule has 0 rings (SSSR count). The van der Waals surface area contributed by atoms with Crippen LogP contribution in [-0.4, -0.2) is 37.0 Å². The molecular formula is C7H15N3O2S. The van der Waals surface area contributed by atoms with Crippen molar-refractivity contribution in [2.24, 2.45) is 5.73 Å². The Bertz CT molecular complexity index is 175. The summed E-state index contributed by atoms with van der Waals surface area (Å²) < 4.78 is 0. The van der Waals surface area contributed by atoms with Gasteiger partial charge in [-0.3, -0.25) is 10.1 Å². The summed E-state index contributed by atoms with van der Waals surface area (Å²) >= 11 is 1.76. The van der Waals surface area contributed by atoms with Gasteiger partial charge in [0.25, 0.3) is 0 Å². The first-order chi connectivity index (χ1) is 6.16. The predicted octanol–water partition coefficient (Wildman–Crippen LogP) is -0.476. The average molecular weight is 205 g/mol. The number of imide groups is 1. The first-order valence-corrected chi connectivity index (χ1v) is 5.35. The molecule has 0 unspecified atom stereocenters. The summed E-state index contributed by atoms with van der Waals surface area (Å²) in [4.78, 5) is 21.0. The lowest BCUT2D eigenvalue weighted by Crippen LogP contribution is -2.40. The van der Waals surface area contributed by atoms with Crippen molar-refractivity contribution in [1.82, 2.24) is 10.6 Å². The van der Waals surface area contributed by atoms with Crippen LogP contribution in [0.2, 0.25) is 0 Å². The van der Waals surface area contributed by atoms with Gasteiger partial charge in [-0.05, 0) is 25.0 Å². The average Bonchev–Trinajstić information content (AvgIpc) is 2.02. The first kappa shape index (κ1) is 12.2. The summed E-state index contributed by atoms with van der Waals surface area (Å²) in [5.74, 6) is 0.668. The third kappa shape index (κ3) is 9.16. The minimum Gasteiger partial charge on any atom is -0.351 e. The molecule has 0 aromatic heterocycles. The Morgan fingerprint density at radius 2 is 2.15 bits per heavy atom. The molecule has 0 heterocycles. The molecule has 0 spiro atoms. The summed E-state index contributed by atoms with van der Waals surface area (Å²) in [6.07, 6.45) is 3.03. The Morgan fingerprint density at radius 3 is 2.69 bits per heavy atom. The highest BCUT2D eigenvalue weighted by Crippen LogP contribution is 1.92. The second-order valence-electron chi connectivity index (χ2n) is 2.44. The summed E-state index contributed by atoms with van der Waals surface area (Å²) in [6.45, 7) is 0.907. The topological polar surface area (TPSA) is 84.2 Å². The third-order valence-electron chi connectivity index (χ3n) is 1.25. The van der Waals surface area contributed by atoms with Crippen LogP contribution >= 0.6 is 11.8 Å². The lowest BCUT2D eigenvalue weighted by atomic mass is 10.4. The molecule has 0 saturated heterocycles. The summed E-state index contributed by atoms with van der Waals surface area (Å²) in [5, 5.41) is 4.86. The molecule has 3 amide bonds. The molecule has 0 aliphatic rings. The molecule has 0 aliphatic heterocycles. The number of nitrogens with one attached hydrogen (secondary N) is 2. The van der Waals surface area contributed by atoms with Crippen molar-refractivity contribution in [3.63, 3.8) is 0 Å². The maximum atomic E-state index is 10.8. The molecule has 6 heteroatoms. The maximum Gasteiger partial charge on any atom is 0.318 e. The summed E-state index contributed by atoms with van der Waals surface area (Å²) in [5.41, 5.74) is 4.74. The molecule has 0 aliphatic carbocycles. The Labute approximate surface area is 81.8 Å². The monoisotopic (exact) mass is 205 g/mol. The van der Waals surface area contributed by atoms with Gasteiger partial charge in [-0.15, -0.1) is 0 Å². The SMILES string of the molecule is CSCCCNCC(=O)NC(N)=O.